The van der Waals surface area contributed by atoms with Gasteiger partial charge in [-0.15, -0.1) is 0 Å². The molecule has 0 aliphatic carbocycles. The van der Waals surface area contributed by atoms with Crippen LogP contribution in [0.5, 0.6) is 0 Å². The molecule has 1 aromatic carbocycles. The highest BCUT2D eigenvalue weighted by Gasteiger charge is 2.27. The Balaban J connectivity index is 1.80. The van der Waals surface area contributed by atoms with Crippen LogP contribution in [0.3, 0.4) is 0 Å². The number of anilines is 1. The molecule has 13 heteroatoms. The van der Waals surface area contributed by atoms with Crippen LogP contribution in [0, 0.1) is 11.6 Å². The summed E-state index contributed by atoms with van der Waals surface area (Å²) >= 11 is 1.32. The summed E-state index contributed by atoms with van der Waals surface area (Å²) in [7, 11) is 1.56. The number of hydrogen-bond acceptors (Lipinski definition) is 9. The fourth-order valence-electron chi connectivity index (χ4n) is 4.27. The first-order valence-electron chi connectivity index (χ1n) is 11.6. The number of fused-ring (bicyclic) bond motifs is 2. The molecular formula is C26H22F2N8O2S. The van der Waals surface area contributed by atoms with Gasteiger partial charge in [0.15, 0.2) is 5.65 Å². The summed E-state index contributed by atoms with van der Waals surface area (Å²) in [6.07, 6.45) is 3.88. The highest BCUT2D eigenvalue weighted by molar-refractivity contribution is 8.08. The highest BCUT2D eigenvalue weighted by atomic mass is 32.2. The summed E-state index contributed by atoms with van der Waals surface area (Å²) in [6.45, 7) is 5.32. The number of thioether (sulfide) groups is 1. The first kappa shape index (κ1) is 26.1. The van der Waals surface area contributed by atoms with Gasteiger partial charge in [-0.2, -0.15) is 5.10 Å². The number of hydrogen-bond donors (Lipinski definition) is 1. The molecule has 0 radical (unpaired) electrons. The van der Waals surface area contributed by atoms with E-state index in [0.717, 1.165) is 10.6 Å². The maximum atomic E-state index is 14.3. The van der Waals surface area contributed by atoms with Crippen molar-refractivity contribution in [2.24, 2.45) is 4.99 Å². The predicted octanol–water partition coefficient (Wildman–Crippen LogP) is 4.31. The van der Waals surface area contributed by atoms with Crippen molar-refractivity contribution in [2.75, 3.05) is 18.8 Å². The van der Waals surface area contributed by atoms with E-state index in [-0.39, 0.29) is 28.3 Å². The number of aliphatic imine (C=N–C) groups is 1. The molecule has 198 valence electrons. The molecule has 0 aliphatic rings. The minimum absolute atomic E-state index is 0.0922. The standard InChI is InChI=1S/C26H22F2N8O2S/c1-14(36-25-21(24(29)31-12-32-25)23(34-36)18(10-30-2)39-13-38-3)22-20(15-5-4-6-16(27)9-15)26(37)35-11-17(28)7-8-19(35)33-22/h4-12,14H,2,13H2,1,3H3,(H2,29,31,32)/b18-10-. The topological polar surface area (TPSA) is 126 Å². The van der Waals surface area contributed by atoms with E-state index in [1.54, 1.807) is 24.8 Å². The van der Waals surface area contributed by atoms with E-state index in [1.165, 1.54) is 54.6 Å². The van der Waals surface area contributed by atoms with Crippen LogP contribution in [-0.4, -0.2) is 48.9 Å². The Kier molecular flexibility index (Phi) is 7.17. The molecule has 0 saturated carbocycles. The van der Waals surface area contributed by atoms with E-state index in [0.29, 0.717) is 27.6 Å². The highest BCUT2D eigenvalue weighted by Crippen LogP contribution is 2.36. The molecule has 0 amide bonds. The number of halogens is 2. The number of pyridine rings is 1. The lowest BCUT2D eigenvalue weighted by Crippen LogP contribution is -2.23. The zero-order chi connectivity index (χ0) is 27.7. The Labute approximate surface area is 224 Å². The van der Waals surface area contributed by atoms with Crippen molar-refractivity contribution in [3.05, 3.63) is 88.5 Å². The van der Waals surface area contributed by atoms with Gasteiger partial charge in [-0.25, -0.2) is 28.4 Å². The van der Waals surface area contributed by atoms with Crippen LogP contribution in [0.4, 0.5) is 14.6 Å². The molecule has 4 aromatic heterocycles. The largest absolute Gasteiger partial charge is 0.383 e. The van der Waals surface area contributed by atoms with Crippen LogP contribution in [-0.2, 0) is 4.74 Å². The summed E-state index contributed by atoms with van der Waals surface area (Å²) in [5, 5.41) is 5.26. The Morgan fingerprint density at radius 2 is 2.08 bits per heavy atom. The first-order valence-corrected chi connectivity index (χ1v) is 12.6. The third-order valence-corrected chi connectivity index (χ3v) is 6.95. The molecule has 1 atom stereocenters. The fraction of sp³-hybridized carbons (Fsp3) is 0.154. The molecule has 5 rings (SSSR count). The van der Waals surface area contributed by atoms with E-state index in [2.05, 4.69) is 21.7 Å². The lowest BCUT2D eigenvalue weighted by atomic mass is 10.0. The molecule has 4 heterocycles. The molecule has 0 aliphatic heterocycles. The number of rotatable bonds is 8. The van der Waals surface area contributed by atoms with E-state index in [9.17, 15) is 13.6 Å². The lowest BCUT2D eigenvalue weighted by molar-refractivity contribution is 0.259. The van der Waals surface area contributed by atoms with E-state index >= 15 is 0 Å². The molecule has 39 heavy (non-hydrogen) atoms. The number of nitrogens with zero attached hydrogens (tertiary/aromatic N) is 7. The Morgan fingerprint density at radius 1 is 1.26 bits per heavy atom. The molecule has 0 saturated heterocycles. The van der Waals surface area contributed by atoms with Crippen molar-refractivity contribution >= 4 is 45.9 Å². The molecule has 0 fully saturated rings. The van der Waals surface area contributed by atoms with Crippen molar-refractivity contribution < 1.29 is 13.5 Å². The Morgan fingerprint density at radius 3 is 2.82 bits per heavy atom. The quantitative estimate of drug-likeness (QED) is 0.225. The maximum absolute atomic E-state index is 14.3. The van der Waals surface area contributed by atoms with Gasteiger partial charge in [-0.05, 0) is 43.5 Å². The zero-order valence-electron chi connectivity index (χ0n) is 20.9. The van der Waals surface area contributed by atoms with Crippen molar-refractivity contribution in [1.29, 1.82) is 0 Å². The van der Waals surface area contributed by atoms with E-state index < -0.39 is 23.2 Å². The molecule has 0 bridgehead atoms. The van der Waals surface area contributed by atoms with Gasteiger partial charge >= 0.3 is 0 Å². The second kappa shape index (κ2) is 10.7. The average molecular weight is 549 g/mol. The number of nitrogen functional groups attached to an aromatic ring is 1. The smallest absolute Gasteiger partial charge is 0.266 e. The third kappa shape index (κ3) is 4.77. The third-order valence-electron chi connectivity index (χ3n) is 5.98. The van der Waals surface area contributed by atoms with Gasteiger partial charge in [0, 0.05) is 19.5 Å². The first-order chi connectivity index (χ1) is 18.8. The van der Waals surface area contributed by atoms with Crippen LogP contribution in [0.25, 0.3) is 32.7 Å². The van der Waals surface area contributed by atoms with Gasteiger partial charge in [0.25, 0.3) is 5.56 Å². The number of nitrogens with two attached hydrogens (primary N) is 1. The van der Waals surface area contributed by atoms with Crippen molar-refractivity contribution in [3.63, 3.8) is 0 Å². The summed E-state index contributed by atoms with van der Waals surface area (Å²) in [5.74, 6) is -0.656. The lowest BCUT2D eigenvalue weighted by Gasteiger charge is -2.18. The van der Waals surface area contributed by atoms with Gasteiger partial charge < -0.3 is 10.5 Å². The molecule has 1 unspecified atom stereocenters. The number of ether oxygens (including phenoxy) is 1. The van der Waals surface area contributed by atoms with E-state index in [1.807, 2.05) is 0 Å². The van der Waals surface area contributed by atoms with Crippen LogP contribution in [0.2, 0.25) is 0 Å². The molecule has 5 aromatic rings. The minimum Gasteiger partial charge on any atom is -0.383 e. The van der Waals surface area contributed by atoms with Gasteiger partial charge in [0.1, 0.15) is 35.1 Å². The number of benzene rings is 1. The molecule has 2 N–H and O–H groups in total. The summed E-state index contributed by atoms with van der Waals surface area (Å²) in [5.41, 5.74) is 7.38. The van der Waals surface area contributed by atoms with Gasteiger partial charge in [0.2, 0.25) is 0 Å². The summed E-state index contributed by atoms with van der Waals surface area (Å²) < 4.78 is 36.2. The van der Waals surface area contributed by atoms with Crippen LogP contribution < -0.4 is 11.3 Å². The normalized spacial score (nSPS) is 12.8. The van der Waals surface area contributed by atoms with Crippen molar-refractivity contribution in [2.45, 2.75) is 13.0 Å². The summed E-state index contributed by atoms with van der Waals surface area (Å²) in [6, 6.07) is 7.47. The maximum Gasteiger partial charge on any atom is 0.266 e. The average Bonchev–Trinajstić information content (AvgIpc) is 3.31. The second-order valence-electron chi connectivity index (χ2n) is 8.42. The SMILES string of the molecule is C=N/C=C(\SCOC)c1nn(C(C)c2nc3ccc(F)cn3c(=O)c2-c2cccc(F)c2)c2ncnc(N)c12. The van der Waals surface area contributed by atoms with Gasteiger partial charge in [-0.3, -0.25) is 14.2 Å². The monoisotopic (exact) mass is 548 g/mol. The second-order valence-corrected chi connectivity index (χ2v) is 9.38. The van der Waals surface area contributed by atoms with Crippen LogP contribution in [0.15, 0.2) is 64.9 Å². The van der Waals surface area contributed by atoms with E-state index in [4.69, 9.17) is 20.6 Å². The molecular weight excluding hydrogens is 526 g/mol. The molecule has 0 spiro atoms. The fourth-order valence-corrected chi connectivity index (χ4v) is 4.95. The predicted molar refractivity (Wildman–Crippen MR) is 147 cm³/mol. The Bertz CT molecular complexity index is 1820. The minimum atomic E-state index is -0.707. The number of methoxy groups -OCH3 is 1. The van der Waals surface area contributed by atoms with Crippen LogP contribution in [0.1, 0.15) is 24.4 Å². The Hall–Kier alpha value is -4.49. The van der Waals surface area contributed by atoms with Crippen molar-refractivity contribution in [1.82, 2.24) is 29.1 Å². The zero-order valence-corrected chi connectivity index (χ0v) is 21.7. The molecule has 10 nitrogen and oxygen atoms in total. The van der Waals surface area contributed by atoms with Gasteiger partial charge in [0.05, 0.1) is 33.5 Å². The van der Waals surface area contributed by atoms with Crippen molar-refractivity contribution in [3.8, 4) is 11.1 Å². The van der Waals surface area contributed by atoms with Gasteiger partial charge in [-0.1, -0.05) is 23.9 Å². The van der Waals surface area contributed by atoms with Crippen LogP contribution >= 0.6 is 11.8 Å². The summed E-state index contributed by atoms with van der Waals surface area (Å²) in [4.78, 5) is 31.4. The number of aromatic nitrogens is 6.